The second-order valence-electron chi connectivity index (χ2n) is 5.95. The second kappa shape index (κ2) is 9.85. The molecule has 0 fully saturated rings. The number of halogens is 1. The van der Waals surface area contributed by atoms with Crippen molar-refractivity contribution in [1.29, 1.82) is 0 Å². The lowest BCUT2D eigenvalue weighted by Gasteiger charge is -2.12. The van der Waals surface area contributed by atoms with Crippen molar-refractivity contribution in [3.63, 3.8) is 0 Å². The molecule has 0 aliphatic rings. The van der Waals surface area contributed by atoms with Gasteiger partial charge >= 0.3 is 11.8 Å². The summed E-state index contributed by atoms with van der Waals surface area (Å²) in [5.74, 6) is 0.0840. The van der Waals surface area contributed by atoms with E-state index in [-0.39, 0.29) is 0 Å². The number of ether oxygens (including phenoxy) is 3. The van der Waals surface area contributed by atoms with Gasteiger partial charge in [-0.3, -0.25) is 9.59 Å². The van der Waals surface area contributed by atoms with Gasteiger partial charge in [0, 0.05) is 17.6 Å². The van der Waals surface area contributed by atoms with E-state index in [9.17, 15) is 9.59 Å². The highest BCUT2D eigenvalue weighted by Gasteiger charge is 2.16. The zero-order valence-electron chi connectivity index (χ0n) is 16.2. The van der Waals surface area contributed by atoms with Crippen molar-refractivity contribution in [3.05, 3.63) is 46.5 Å². The number of amides is 2. The molecule has 2 aromatic rings. The number of hydrogen-bond donors (Lipinski definition) is 2. The monoisotopic (exact) mass is 406 g/mol. The molecule has 0 heterocycles. The van der Waals surface area contributed by atoms with Crippen LogP contribution in [-0.2, 0) is 16.0 Å². The Labute approximate surface area is 168 Å². The first-order valence-corrected chi connectivity index (χ1v) is 8.91. The maximum atomic E-state index is 12.2. The average Bonchev–Trinajstić information content (AvgIpc) is 2.70. The summed E-state index contributed by atoms with van der Waals surface area (Å²) in [6.07, 6.45) is 0.531. The summed E-state index contributed by atoms with van der Waals surface area (Å²) in [7, 11) is 4.58. The van der Waals surface area contributed by atoms with Crippen LogP contribution in [0, 0.1) is 6.92 Å². The number of hydrogen-bond acceptors (Lipinski definition) is 5. The summed E-state index contributed by atoms with van der Waals surface area (Å²) in [6.45, 7) is 2.08. The van der Waals surface area contributed by atoms with Gasteiger partial charge in [-0.05, 0) is 42.7 Å². The zero-order valence-corrected chi connectivity index (χ0v) is 17.0. The number of carbonyl (C=O) groups excluding carboxylic acids is 2. The molecule has 0 atom stereocenters. The summed E-state index contributed by atoms with van der Waals surface area (Å²) < 4.78 is 15.6. The molecule has 0 bridgehead atoms. The van der Waals surface area contributed by atoms with Crippen molar-refractivity contribution in [1.82, 2.24) is 5.32 Å². The third-order valence-corrected chi connectivity index (χ3v) is 4.49. The van der Waals surface area contributed by atoms with E-state index in [4.69, 9.17) is 25.8 Å². The Hall–Kier alpha value is -2.93. The van der Waals surface area contributed by atoms with E-state index in [2.05, 4.69) is 10.6 Å². The summed E-state index contributed by atoms with van der Waals surface area (Å²) >= 11 is 6.04. The van der Waals surface area contributed by atoms with Crippen molar-refractivity contribution < 1.29 is 23.8 Å². The van der Waals surface area contributed by atoms with Crippen LogP contribution in [0.3, 0.4) is 0 Å². The van der Waals surface area contributed by atoms with Crippen LogP contribution in [-0.4, -0.2) is 39.7 Å². The molecule has 0 radical (unpaired) electrons. The Morgan fingerprint density at radius 2 is 1.61 bits per heavy atom. The van der Waals surface area contributed by atoms with Crippen LogP contribution < -0.4 is 24.8 Å². The molecular formula is C20H23ClN2O5. The van der Waals surface area contributed by atoms with Crippen molar-refractivity contribution in [2.24, 2.45) is 0 Å². The SMILES string of the molecule is COc1cc(Cl)c(C)cc1NC(=O)C(=O)NCCc1ccc(OC)c(OC)c1. The van der Waals surface area contributed by atoms with Crippen LogP contribution in [0.1, 0.15) is 11.1 Å². The molecule has 0 aliphatic heterocycles. The van der Waals surface area contributed by atoms with Crippen molar-refractivity contribution in [2.75, 3.05) is 33.2 Å². The van der Waals surface area contributed by atoms with Crippen LogP contribution in [0.25, 0.3) is 0 Å². The molecule has 0 spiro atoms. The van der Waals surface area contributed by atoms with Crippen LogP contribution in [0.15, 0.2) is 30.3 Å². The lowest BCUT2D eigenvalue weighted by atomic mass is 10.1. The lowest BCUT2D eigenvalue weighted by molar-refractivity contribution is -0.136. The Morgan fingerprint density at radius 3 is 2.25 bits per heavy atom. The first-order chi connectivity index (χ1) is 13.4. The van der Waals surface area contributed by atoms with E-state index >= 15 is 0 Å². The third-order valence-electron chi connectivity index (χ3n) is 4.08. The van der Waals surface area contributed by atoms with Crippen molar-refractivity contribution in [3.8, 4) is 17.2 Å². The fourth-order valence-corrected chi connectivity index (χ4v) is 2.70. The molecule has 0 saturated carbocycles. The van der Waals surface area contributed by atoms with Gasteiger partial charge in [-0.25, -0.2) is 0 Å². The standard InChI is InChI=1S/C20H23ClN2O5/c1-12-9-15(17(27-3)11-14(12)21)23-20(25)19(24)22-8-7-13-5-6-16(26-2)18(10-13)28-4/h5-6,9-11H,7-8H2,1-4H3,(H,22,24)(H,23,25). The Morgan fingerprint density at radius 1 is 0.929 bits per heavy atom. The van der Waals surface area contributed by atoms with Gasteiger partial charge in [0.1, 0.15) is 5.75 Å². The van der Waals surface area contributed by atoms with Gasteiger partial charge in [-0.1, -0.05) is 17.7 Å². The summed E-state index contributed by atoms with van der Waals surface area (Å²) in [4.78, 5) is 24.2. The minimum absolute atomic E-state index is 0.290. The number of aryl methyl sites for hydroxylation is 1. The predicted molar refractivity (Wildman–Crippen MR) is 108 cm³/mol. The van der Waals surface area contributed by atoms with E-state index < -0.39 is 11.8 Å². The van der Waals surface area contributed by atoms with Gasteiger partial charge < -0.3 is 24.8 Å². The maximum Gasteiger partial charge on any atom is 0.313 e. The van der Waals surface area contributed by atoms with Gasteiger partial charge in [-0.15, -0.1) is 0 Å². The van der Waals surface area contributed by atoms with Crippen molar-refractivity contribution >= 4 is 29.1 Å². The molecule has 0 aromatic heterocycles. The first-order valence-electron chi connectivity index (χ1n) is 8.53. The Balaban J connectivity index is 1.93. The number of nitrogens with one attached hydrogen (secondary N) is 2. The van der Waals surface area contributed by atoms with Crippen molar-refractivity contribution in [2.45, 2.75) is 13.3 Å². The highest BCUT2D eigenvalue weighted by atomic mass is 35.5. The molecule has 150 valence electrons. The highest BCUT2D eigenvalue weighted by molar-refractivity contribution is 6.40. The van der Waals surface area contributed by atoms with Crippen LogP contribution >= 0.6 is 11.6 Å². The molecule has 2 amide bonds. The van der Waals surface area contributed by atoms with E-state index in [0.29, 0.717) is 40.9 Å². The summed E-state index contributed by atoms with van der Waals surface area (Å²) in [5.41, 5.74) is 2.07. The molecule has 2 rings (SSSR count). The van der Waals surface area contributed by atoms with Gasteiger partial charge in [0.15, 0.2) is 11.5 Å². The topological polar surface area (TPSA) is 85.9 Å². The van der Waals surface area contributed by atoms with E-state index in [1.165, 1.54) is 7.11 Å². The number of carbonyl (C=O) groups is 2. The molecule has 8 heteroatoms. The van der Waals surface area contributed by atoms with E-state index in [1.807, 2.05) is 12.1 Å². The van der Waals surface area contributed by atoms with E-state index in [1.54, 1.807) is 39.3 Å². The van der Waals surface area contributed by atoms with E-state index in [0.717, 1.165) is 11.1 Å². The Kier molecular flexibility index (Phi) is 7.52. The van der Waals surface area contributed by atoms with Gasteiger partial charge in [0.2, 0.25) is 0 Å². The number of benzene rings is 2. The molecule has 7 nitrogen and oxygen atoms in total. The van der Waals surface area contributed by atoms with Crippen LogP contribution in [0.5, 0.6) is 17.2 Å². The normalized spacial score (nSPS) is 10.2. The summed E-state index contributed by atoms with van der Waals surface area (Å²) in [5, 5.41) is 5.64. The van der Waals surface area contributed by atoms with Crippen LogP contribution in [0.2, 0.25) is 5.02 Å². The lowest BCUT2D eigenvalue weighted by Crippen LogP contribution is -2.36. The third kappa shape index (κ3) is 5.29. The maximum absolute atomic E-state index is 12.2. The fourth-order valence-electron chi connectivity index (χ4n) is 2.55. The van der Waals surface area contributed by atoms with Gasteiger partial charge in [0.25, 0.3) is 0 Å². The molecule has 0 aliphatic carbocycles. The smallest absolute Gasteiger partial charge is 0.313 e. The highest BCUT2D eigenvalue weighted by Crippen LogP contribution is 2.31. The Bertz CT molecular complexity index is 870. The summed E-state index contributed by atoms with van der Waals surface area (Å²) in [6, 6.07) is 8.72. The average molecular weight is 407 g/mol. The number of rotatable bonds is 7. The first kappa shape index (κ1) is 21.4. The molecule has 2 N–H and O–H groups in total. The minimum atomic E-state index is -0.785. The number of methoxy groups -OCH3 is 3. The quantitative estimate of drug-likeness (QED) is 0.690. The molecule has 2 aromatic carbocycles. The molecule has 0 unspecified atom stereocenters. The number of anilines is 1. The molecule has 28 heavy (non-hydrogen) atoms. The molecular weight excluding hydrogens is 384 g/mol. The fraction of sp³-hybridized carbons (Fsp3) is 0.300. The second-order valence-corrected chi connectivity index (χ2v) is 6.36. The minimum Gasteiger partial charge on any atom is -0.495 e. The van der Waals surface area contributed by atoms with Crippen LogP contribution in [0.4, 0.5) is 5.69 Å². The largest absolute Gasteiger partial charge is 0.495 e. The molecule has 0 saturated heterocycles. The van der Waals surface area contributed by atoms with Gasteiger partial charge in [-0.2, -0.15) is 0 Å². The van der Waals surface area contributed by atoms with Gasteiger partial charge in [0.05, 0.1) is 27.0 Å². The predicted octanol–water partition coefficient (Wildman–Crippen LogP) is 2.97. The zero-order chi connectivity index (χ0) is 20.7.